The zero-order valence-corrected chi connectivity index (χ0v) is 65.8. The number of phenolic OH excluding ortho intramolecular Hbond substituents is 1. The molecule has 0 aliphatic rings. The molecular formula is C80H90Cl2N12O15S2. The molecule has 4 heterocycles. The SMILES string of the molecule is CCN(C(=O)c1ccc(OC)c([N+](=O)[O-])c1)c1ccc(/C=C/CN(C/C=C/c2ccc(N(CC)C(=O)c3ccc(OC)c([N+](=O)[O-])c3)s2)C(CC(C(=O)O)C(O)O)C(=O)N(C)CCc2ccc(O)c(C)c2)s1.CN=C(N)NCCCC(C(C)=O)N(CCc1ccc2cc(Cl)ccc2n1)CCc1ccc2cc(Cl)ccc2n1. The van der Waals surface area contributed by atoms with Crippen LogP contribution in [0, 0.1) is 33.1 Å². The molecule has 0 saturated carbocycles. The summed E-state index contributed by atoms with van der Waals surface area (Å²) in [4.78, 5) is 113. The average molecular weight is 1590 g/mol. The average Bonchev–Trinajstić information content (AvgIpc) is 1.79. The number of anilines is 2. The number of pyridine rings is 2. The van der Waals surface area contributed by atoms with Gasteiger partial charge in [-0.05, 0) is 180 Å². The Bertz CT molecular complexity index is 4660. The number of methoxy groups -OCH3 is 2. The number of nitro benzene ring substituents is 2. The lowest BCUT2D eigenvalue weighted by Crippen LogP contribution is -2.50. The molecule has 0 saturated heterocycles. The summed E-state index contributed by atoms with van der Waals surface area (Å²) in [5.41, 5.74) is 10.5. The number of carboxylic acid groups (broad SMARTS) is 1. The van der Waals surface area contributed by atoms with Gasteiger partial charge in [-0.2, -0.15) is 0 Å². The van der Waals surface area contributed by atoms with Crippen molar-refractivity contribution in [3.8, 4) is 17.2 Å². The molecule has 111 heavy (non-hydrogen) atoms. The number of ketones is 1. The van der Waals surface area contributed by atoms with Crippen LogP contribution in [0.3, 0.4) is 0 Å². The smallest absolute Gasteiger partial charge is 0.311 e. The fourth-order valence-electron chi connectivity index (χ4n) is 12.4. The number of rotatable bonds is 37. The predicted octanol–water partition coefficient (Wildman–Crippen LogP) is 12.9. The number of thiophene rings is 2. The molecule has 9 rings (SSSR count). The van der Waals surface area contributed by atoms with Crippen LogP contribution in [-0.2, 0) is 33.6 Å². The summed E-state index contributed by atoms with van der Waals surface area (Å²) in [6.45, 7) is 9.75. The molecule has 0 bridgehead atoms. The Hall–Kier alpha value is -10.8. The summed E-state index contributed by atoms with van der Waals surface area (Å²) in [5.74, 6) is -4.03. The number of nitro groups is 2. The number of nitrogens with two attached hydrogens (primary N) is 1. The number of hydrogen-bond donors (Lipinski definition) is 6. The summed E-state index contributed by atoms with van der Waals surface area (Å²) in [7, 11) is 5.80. The predicted molar refractivity (Wildman–Crippen MR) is 436 cm³/mol. The normalized spacial score (nSPS) is 12.5. The van der Waals surface area contributed by atoms with Crippen LogP contribution in [0.2, 0.25) is 10.0 Å². The molecule has 3 amide bonds. The fraction of sp³-hybridized carbons (Fsp3) is 0.325. The first kappa shape index (κ1) is 85.8. The number of Topliss-reactive ketones (excluding diaryl/α,β-unsaturated/α-hetero) is 1. The lowest BCUT2D eigenvalue weighted by atomic mass is 9.96. The number of aromatic nitrogens is 2. The van der Waals surface area contributed by atoms with E-state index < -0.39 is 58.2 Å². The van der Waals surface area contributed by atoms with Crippen LogP contribution >= 0.6 is 45.9 Å². The van der Waals surface area contributed by atoms with Crippen molar-refractivity contribution in [1.29, 1.82) is 0 Å². The Morgan fingerprint density at radius 1 is 0.667 bits per heavy atom. The highest BCUT2D eigenvalue weighted by molar-refractivity contribution is 7.17. The molecule has 31 heteroatoms. The third-order valence-corrected chi connectivity index (χ3v) is 21.1. The van der Waals surface area contributed by atoms with Crippen LogP contribution in [0.5, 0.6) is 17.2 Å². The lowest BCUT2D eigenvalue weighted by molar-refractivity contribution is -0.385. The van der Waals surface area contributed by atoms with Crippen LogP contribution in [0.1, 0.15) is 93.0 Å². The van der Waals surface area contributed by atoms with Crippen LogP contribution in [0.25, 0.3) is 34.0 Å². The first-order chi connectivity index (χ1) is 53.1. The molecule has 7 N–H and O–H groups in total. The van der Waals surface area contributed by atoms with E-state index in [9.17, 15) is 64.6 Å². The van der Waals surface area contributed by atoms with Crippen molar-refractivity contribution < 1.29 is 63.7 Å². The van der Waals surface area contributed by atoms with Crippen LogP contribution < -0.4 is 30.3 Å². The molecule has 3 unspecified atom stereocenters. The van der Waals surface area contributed by atoms with E-state index in [2.05, 4.69) is 15.2 Å². The Morgan fingerprint density at radius 2 is 1.17 bits per heavy atom. The molecule has 586 valence electrons. The Kier molecular flexibility index (Phi) is 32.0. The number of nitrogens with zero attached hydrogens (tertiary/aromatic N) is 10. The second-order valence-corrected chi connectivity index (χ2v) is 28.9. The summed E-state index contributed by atoms with van der Waals surface area (Å²) in [6.07, 6.45) is 7.56. The van der Waals surface area contributed by atoms with Crippen molar-refractivity contribution in [2.45, 2.75) is 84.6 Å². The number of likely N-dealkylation sites (N-methyl/N-ethyl adjacent to an activating group) is 1. The molecule has 0 radical (unpaired) electrons. The van der Waals surface area contributed by atoms with Crippen molar-refractivity contribution in [3.05, 3.63) is 225 Å². The molecule has 0 fully saturated rings. The fourth-order valence-corrected chi connectivity index (χ4v) is 14.8. The van der Waals surface area contributed by atoms with E-state index >= 15 is 0 Å². The van der Waals surface area contributed by atoms with Gasteiger partial charge in [0.1, 0.15) is 17.5 Å². The minimum Gasteiger partial charge on any atom is -0.508 e. The van der Waals surface area contributed by atoms with E-state index in [-0.39, 0.29) is 84.3 Å². The molecule has 0 spiro atoms. The minimum absolute atomic E-state index is 0.00907. The number of hydrogen-bond acceptors (Lipinski definition) is 21. The molecule has 5 aromatic carbocycles. The number of aliphatic imine (C=N–C) groups is 1. The van der Waals surface area contributed by atoms with Crippen LogP contribution in [-0.4, -0.2) is 189 Å². The number of aliphatic hydroxyl groups excluding tert-OH is 1. The molecule has 0 aliphatic heterocycles. The number of carbonyl (C=O) groups excluding carboxylic acids is 4. The maximum absolute atomic E-state index is 14.5. The van der Waals surface area contributed by atoms with Crippen molar-refractivity contribution in [2.75, 3.05) is 90.5 Å². The van der Waals surface area contributed by atoms with Gasteiger partial charge in [-0.3, -0.25) is 78.8 Å². The van der Waals surface area contributed by atoms with Gasteiger partial charge in [0.25, 0.3) is 11.8 Å². The number of ether oxygens (including phenoxy) is 2. The van der Waals surface area contributed by atoms with Crippen molar-refractivity contribution in [2.24, 2.45) is 16.6 Å². The zero-order chi connectivity index (χ0) is 80.6. The highest BCUT2D eigenvalue weighted by Crippen LogP contribution is 2.35. The van der Waals surface area contributed by atoms with Gasteiger partial charge in [0.2, 0.25) is 5.91 Å². The highest BCUT2D eigenvalue weighted by atomic mass is 35.5. The Labute approximate surface area is 660 Å². The second-order valence-electron chi connectivity index (χ2n) is 25.9. The number of carboxylic acids is 1. The number of carbonyl (C=O) groups is 5. The third kappa shape index (κ3) is 23.9. The van der Waals surface area contributed by atoms with E-state index in [1.54, 1.807) is 113 Å². The molecule has 27 nitrogen and oxygen atoms in total. The number of aromatic hydroxyl groups is 1. The maximum atomic E-state index is 14.5. The summed E-state index contributed by atoms with van der Waals surface area (Å²) in [5, 5.41) is 71.5. The maximum Gasteiger partial charge on any atom is 0.311 e. The number of phenols is 1. The van der Waals surface area contributed by atoms with Gasteiger partial charge in [-0.25, -0.2) is 0 Å². The van der Waals surface area contributed by atoms with E-state index in [0.717, 1.165) is 70.2 Å². The summed E-state index contributed by atoms with van der Waals surface area (Å²) < 4.78 is 10.2. The van der Waals surface area contributed by atoms with Crippen LogP contribution in [0.15, 0.2) is 157 Å². The highest BCUT2D eigenvalue weighted by Gasteiger charge is 2.36. The zero-order valence-electron chi connectivity index (χ0n) is 62.7. The number of aryl methyl sites for hydroxylation is 1. The number of guanidine groups is 1. The van der Waals surface area contributed by atoms with Gasteiger partial charge >= 0.3 is 17.3 Å². The van der Waals surface area contributed by atoms with Crippen molar-refractivity contribution >= 4 is 137 Å². The summed E-state index contributed by atoms with van der Waals surface area (Å²) >= 11 is 14.8. The van der Waals surface area contributed by atoms with Gasteiger partial charge < -0.3 is 45.9 Å². The van der Waals surface area contributed by atoms with E-state index in [0.29, 0.717) is 73.8 Å². The number of nitrogens with one attached hydrogen (secondary N) is 1. The van der Waals surface area contributed by atoms with Gasteiger partial charge in [0.15, 0.2) is 23.7 Å². The number of aliphatic carboxylic acids is 1. The van der Waals surface area contributed by atoms with E-state index in [1.807, 2.05) is 60.7 Å². The molecule has 9 aromatic rings. The van der Waals surface area contributed by atoms with Gasteiger partial charge in [-0.15, -0.1) is 22.7 Å². The number of amides is 3. The summed E-state index contributed by atoms with van der Waals surface area (Å²) in [6, 6.07) is 38.2. The Balaban J connectivity index is 0.000000332. The largest absolute Gasteiger partial charge is 0.508 e. The molecule has 3 atom stereocenters. The minimum atomic E-state index is -2.30. The Morgan fingerprint density at radius 3 is 1.60 bits per heavy atom. The number of halogens is 2. The van der Waals surface area contributed by atoms with Crippen molar-refractivity contribution in [3.63, 3.8) is 0 Å². The molecule has 0 aliphatic carbocycles. The van der Waals surface area contributed by atoms with E-state index in [1.165, 1.54) is 75.9 Å². The number of benzene rings is 5. The lowest BCUT2D eigenvalue weighted by Gasteiger charge is -2.34. The number of fused-ring (bicyclic) bond motifs is 2. The van der Waals surface area contributed by atoms with Gasteiger partial charge in [0, 0.05) is 145 Å². The number of aliphatic hydroxyl groups is 2. The van der Waals surface area contributed by atoms with Gasteiger partial charge in [-0.1, -0.05) is 59.6 Å². The third-order valence-electron chi connectivity index (χ3n) is 18.5. The first-order valence-corrected chi connectivity index (χ1v) is 38.0. The monoisotopic (exact) mass is 1590 g/mol. The standard InChI is InChI=1S/C50H56N6O14S2.C30H34Cl2N6O/c1-7-53(46(58)33-14-19-42(69-5)38(28-33)55(65)66)44-21-16-35(71-44)11-9-24-52(40(30-37(49(61)62)50(63)64)48(60)51(4)26-23-32-13-18-41(57)31(3)27-32)25-10-12-36-17-22-45(72-36)54(8-2)47(59)34-15-20-43(70-6)39(29-34)56(67)68;1-20(39)29(4-3-15-35-30(33)34-2)38(16-13-25-9-5-21-18-23(31)7-11-27(21)36-25)17-14-26-10-6-22-19-24(32)8-12-28(22)37-26/h9-22,27-29,37,40,49,57,61-62H,7-8,23-26,30H2,1-6H3,(H,63,64);5-12,18-19,29H,3-4,13-17H2,1-2H3,(H3,33,34,35)/b11-9+,12-10+;. The molecular weight excluding hydrogens is 1500 g/mol. The van der Waals surface area contributed by atoms with Gasteiger partial charge in [0.05, 0.1) is 57.2 Å². The first-order valence-electron chi connectivity index (χ1n) is 35.6. The topological polar surface area (TPSA) is 363 Å². The van der Waals surface area contributed by atoms with Crippen LogP contribution in [0.4, 0.5) is 21.4 Å². The van der Waals surface area contributed by atoms with E-state index in [4.69, 9.17) is 48.4 Å². The molecule has 4 aromatic heterocycles. The second kappa shape index (κ2) is 41.3. The quantitative estimate of drug-likeness (QED) is 0.00526. The van der Waals surface area contributed by atoms with Crippen molar-refractivity contribution in [1.82, 2.24) is 30.0 Å².